The molecule has 1 heterocycles. The Balaban J connectivity index is 2.15. The first-order valence-corrected chi connectivity index (χ1v) is 9.52. The van der Waals surface area contributed by atoms with Crippen LogP contribution < -0.4 is 0 Å². The van der Waals surface area contributed by atoms with E-state index in [0.29, 0.717) is 0 Å². The van der Waals surface area contributed by atoms with Gasteiger partial charge in [0.05, 0.1) is 17.5 Å². The highest BCUT2D eigenvalue weighted by Gasteiger charge is 2.43. The van der Waals surface area contributed by atoms with Crippen LogP contribution in [-0.4, -0.2) is 54.8 Å². The fourth-order valence-corrected chi connectivity index (χ4v) is 3.64. The van der Waals surface area contributed by atoms with Gasteiger partial charge in [0.15, 0.2) is 0 Å². The van der Waals surface area contributed by atoms with Crippen molar-refractivity contribution in [2.75, 3.05) is 6.54 Å². The van der Waals surface area contributed by atoms with Crippen LogP contribution in [0.1, 0.15) is 32.8 Å². The number of ether oxygens (including phenoxy) is 1. The summed E-state index contributed by atoms with van der Waals surface area (Å²) in [6.07, 6.45) is -1.92. The number of carboxylic acid groups (broad SMARTS) is 1. The molecule has 2 atom stereocenters. The Hall–Kier alpha value is -2.13. The van der Waals surface area contributed by atoms with Crippen molar-refractivity contribution in [3.8, 4) is 0 Å². The third-order valence-corrected chi connectivity index (χ3v) is 5.12. The number of likely N-dealkylation sites (tertiary alicyclic amines) is 1. The number of carboxylic acids is 1. The highest BCUT2D eigenvalue weighted by molar-refractivity contribution is 7.86. The molecule has 1 aliphatic rings. The third kappa shape index (κ3) is 4.95. The molecule has 1 saturated heterocycles. The quantitative estimate of drug-likeness (QED) is 0.791. The van der Waals surface area contributed by atoms with Gasteiger partial charge in [-0.25, -0.2) is 9.59 Å². The molecule has 0 spiro atoms. The van der Waals surface area contributed by atoms with Crippen molar-refractivity contribution in [3.05, 3.63) is 29.8 Å². The van der Waals surface area contributed by atoms with Crippen LogP contribution in [0.2, 0.25) is 0 Å². The van der Waals surface area contributed by atoms with Crippen LogP contribution in [0, 0.1) is 6.92 Å². The molecule has 0 saturated carbocycles. The molecule has 144 valence electrons. The number of aryl methyl sites for hydroxylation is 1. The number of hydrogen-bond donors (Lipinski definition) is 1. The number of aliphatic carboxylic acids is 1. The molecule has 0 radical (unpaired) electrons. The lowest BCUT2D eigenvalue weighted by Gasteiger charge is -2.26. The van der Waals surface area contributed by atoms with E-state index >= 15 is 0 Å². The molecule has 8 nitrogen and oxygen atoms in total. The number of benzene rings is 1. The van der Waals surface area contributed by atoms with Gasteiger partial charge in [0.25, 0.3) is 10.1 Å². The molecule has 1 fully saturated rings. The van der Waals surface area contributed by atoms with Crippen molar-refractivity contribution in [2.24, 2.45) is 0 Å². The van der Waals surface area contributed by atoms with E-state index in [9.17, 15) is 23.1 Å². The Morgan fingerprint density at radius 2 is 1.77 bits per heavy atom. The standard InChI is InChI=1S/C17H23NO7S/c1-11-5-7-13(8-6-11)26(22,23)25-12-9-14(15(19)20)18(10-12)16(21)24-17(2,3)4/h5-8,12,14H,9-10H2,1-4H3,(H,19,20)/t12?,14-/m0/s1. The number of hydrogen-bond acceptors (Lipinski definition) is 6. The van der Waals surface area contributed by atoms with Crippen molar-refractivity contribution in [1.82, 2.24) is 4.90 Å². The third-order valence-electron chi connectivity index (χ3n) is 3.75. The van der Waals surface area contributed by atoms with Crippen molar-refractivity contribution in [2.45, 2.75) is 56.8 Å². The fourth-order valence-electron chi connectivity index (χ4n) is 2.56. The summed E-state index contributed by atoms with van der Waals surface area (Å²) in [6, 6.07) is 4.90. The van der Waals surface area contributed by atoms with Gasteiger partial charge in [-0.2, -0.15) is 8.42 Å². The van der Waals surface area contributed by atoms with Gasteiger partial charge in [0.1, 0.15) is 11.6 Å². The Kier molecular flexibility index (Phi) is 5.62. The van der Waals surface area contributed by atoms with Crippen molar-refractivity contribution < 1.29 is 32.0 Å². The molecule has 26 heavy (non-hydrogen) atoms. The molecular formula is C17H23NO7S. The predicted octanol–water partition coefficient (Wildman–Crippen LogP) is 2.16. The molecule has 0 aliphatic carbocycles. The van der Waals surface area contributed by atoms with Gasteiger partial charge in [-0.3, -0.25) is 9.08 Å². The molecule has 0 aromatic heterocycles. The van der Waals surface area contributed by atoms with Crippen LogP contribution in [-0.2, 0) is 23.8 Å². The summed E-state index contributed by atoms with van der Waals surface area (Å²) >= 11 is 0. The van der Waals surface area contributed by atoms with Gasteiger partial charge < -0.3 is 9.84 Å². The van der Waals surface area contributed by atoms with Gasteiger partial charge in [-0.05, 0) is 39.8 Å². The normalized spacial score (nSPS) is 20.8. The molecule has 0 bridgehead atoms. The summed E-state index contributed by atoms with van der Waals surface area (Å²) in [5.74, 6) is -1.24. The van der Waals surface area contributed by atoms with Crippen LogP contribution in [0.3, 0.4) is 0 Å². The lowest BCUT2D eigenvalue weighted by Crippen LogP contribution is -2.43. The number of carbonyl (C=O) groups excluding carboxylic acids is 1. The van der Waals surface area contributed by atoms with E-state index in [1.807, 2.05) is 6.92 Å². The average Bonchev–Trinajstić information content (AvgIpc) is 2.89. The smallest absolute Gasteiger partial charge is 0.411 e. The minimum atomic E-state index is -4.07. The highest BCUT2D eigenvalue weighted by Crippen LogP contribution is 2.26. The van der Waals surface area contributed by atoms with E-state index in [0.717, 1.165) is 10.5 Å². The zero-order valence-electron chi connectivity index (χ0n) is 15.1. The summed E-state index contributed by atoms with van der Waals surface area (Å²) < 4.78 is 35.1. The first kappa shape index (κ1) is 20.2. The Bertz CT molecular complexity index is 780. The number of nitrogens with zero attached hydrogens (tertiary/aromatic N) is 1. The number of amides is 1. The topological polar surface area (TPSA) is 110 Å². The summed E-state index contributed by atoms with van der Waals surface area (Å²) in [5.41, 5.74) is 0.0967. The van der Waals surface area contributed by atoms with Crippen molar-refractivity contribution in [1.29, 1.82) is 0 Å². The summed E-state index contributed by atoms with van der Waals surface area (Å²) in [7, 11) is -4.07. The summed E-state index contributed by atoms with van der Waals surface area (Å²) in [5, 5.41) is 9.34. The number of carbonyl (C=O) groups is 2. The Labute approximate surface area is 152 Å². The molecule has 1 aliphatic heterocycles. The minimum Gasteiger partial charge on any atom is -0.480 e. The predicted molar refractivity (Wildman–Crippen MR) is 92.2 cm³/mol. The van der Waals surface area contributed by atoms with Gasteiger partial charge in [-0.1, -0.05) is 17.7 Å². The van der Waals surface area contributed by atoms with E-state index in [1.54, 1.807) is 32.9 Å². The Morgan fingerprint density at radius 1 is 1.19 bits per heavy atom. The second kappa shape index (κ2) is 7.24. The largest absolute Gasteiger partial charge is 0.480 e. The molecule has 9 heteroatoms. The second-order valence-corrected chi connectivity index (χ2v) is 8.78. The molecule has 1 N–H and O–H groups in total. The summed E-state index contributed by atoms with van der Waals surface area (Å²) in [6.45, 7) is 6.62. The van der Waals surface area contributed by atoms with Gasteiger partial charge in [-0.15, -0.1) is 0 Å². The SMILES string of the molecule is Cc1ccc(S(=O)(=O)OC2C[C@@H](C(=O)O)N(C(=O)OC(C)(C)C)C2)cc1. The summed E-state index contributed by atoms with van der Waals surface area (Å²) in [4.78, 5) is 24.6. The fraction of sp³-hybridized carbons (Fsp3) is 0.529. The maximum absolute atomic E-state index is 12.4. The average molecular weight is 385 g/mol. The molecular weight excluding hydrogens is 362 g/mol. The maximum Gasteiger partial charge on any atom is 0.411 e. The van der Waals surface area contributed by atoms with E-state index in [4.69, 9.17) is 8.92 Å². The molecule has 1 unspecified atom stereocenters. The van der Waals surface area contributed by atoms with Crippen molar-refractivity contribution in [3.63, 3.8) is 0 Å². The van der Waals surface area contributed by atoms with Gasteiger partial charge >= 0.3 is 12.1 Å². The van der Waals surface area contributed by atoms with E-state index in [2.05, 4.69) is 0 Å². The lowest BCUT2D eigenvalue weighted by molar-refractivity contribution is -0.142. The second-order valence-electron chi connectivity index (χ2n) is 7.21. The first-order valence-electron chi connectivity index (χ1n) is 8.11. The van der Waals surface area contributed by atoms with Crippen LogP contribution in [0.15, 0.2) is 29.2 Å². The molecule has 1 aromatic rings. The van der Waals surface area contributed by atoms with Gasteiger partial charge in [0.2, 0.25) is 0 Å². The molecule has 1 aromatic carbocycles. The zero-order chi connectivity index (χ0) is 19.7. The minimum absolute atomic E-state index is 0.0225. The maximum atomic E-state index is 12.4. The van der Waals surface area contributed by atoms with Crippen LogP contribution in [0.5, 0.6) is 0 Å². The van der Waals surface area contributed by atoms with E-state index < -0.39 is 39.9 Å². The van der Waals surface area contributed by atoms with Crippen LogP contribution in [0.25, 0.3) is 0 Å². The monoisotopic (exact) mass is 385 g/mol. The molecule has 1 amide bonds. The van der Waals surface area contributed by atoms with E-state index in [-0.39, 0.29) is 17.9 Å². The van der Waals surface area contributed by atoms with Gasteiger partial charge in [0, 0.05) is 6.42 Å². The van der Waals surface area contributed by atoms with Crippen molar-refractivity contribution >= 4 is 22.2 Å². The first-order chi connectivity index (χ1) is 11.9. The number of rotatable bonds is 4. The lowest BCUT2D eigenvalue weighted by atomic mass is 10.2. The Morgan fingerprint density at radius 3 is 2.27 bits per heavy atom. The van der Waals surface area contributed by atoms with Crippen LogP contribution >= 0.6 is 0 Å². The molecule has 2 rings (SSSR count). The highest BCUT2D eigenvalue weighted by atomic mass is 32.2. The van der Waals surface area contributed by atoms with E-state index in [1.165, 1.54) is 12.1 Å². The van der Waals surface area contributed by atoms with Crippen LogP contribution in [0.4, 0.5) is 4.79 Å². The zero-order valence-corrected chi connectivity index (χ0v) is 15.9.